The molecule has 0 atom stereocenters. The summed E-state index contributed by atoms with van der Waals surface area (Å²) in [6.45, 7) is 14.4. The number of carbonyl (C=O) groups is 2. The second-order valence-corrected chi connectivity index (χ2v) is 16.7. The van der Waals surface area contributed by atoms with E-state index in [9.17, 15) is 14.7 Å². The molecule has 9 nitrogen and oxygen atoms in total. The number of aromatic nitrogens is 2. The van der Waals surface area contributed by atoms with Crippen LogP contribution in [0.3, 0.4) is 0 Å². The lowest BCUT2D eigenvalue weighted by Gasteiger charge is -2.34. The van der Waals surface area contributed by atoms with E-state index in [1.165, 1.54) is 0 Å². The predicted octanol–water partition coefficient (Wildman–Crippen LogP) is 4.86. The fraction of sp³-hybridized carbons (Fsp3) is 0.625. The van der Waals surface area contributed by atoms with Gasteiger partial charge < -0.3 is 24.8 Å². The molecular formula is C24H38N4O5Si. The Hall–Kier alpha value is -2.59. The maximum Gasteiger partial charge on any atom is 0.410 e. The summed E-state index contributed by atoms with van der Waals surface area (Å²) in [6, 6.07) is 4.56. The van der Waals surface area contributed by atoms with E-state index < -0.39 is 19.6 Å². The monoisotopic (exact) mass is 490 g/mol. The highest BCUT2D eigenvalue weighted by molar-refractivity contribution is 6.76. The molecule has 1 fully saturated rings. The van der Waals surface area contributed by atoms with Crippen LogP contribution in [0.15, 0.2) is 18.3 Å². The van der Waals surface area contributed by atoms with E-state index in [0.717, 1.165) is 6.04 Å². The van der Waals surface area contributed by atoms with Gasteiger partial charge in [0.2, 0.25) is 0 Å². The van der Waals surface area contributed by atoms with E-state index in [1.807, 2.05) is 25.3 Å². The third-order valence-corrected chi connectivity index (χ3v) is 7.44. The lowest BCUT2D eigenvalue weighted by Crippen LogP contribution is -2.44. The zero-order valence-electron chi connectivity index (χ0n) is 21.2. The molecule has 1 aliphatic heterocycles. The Labute approximate surface area is 202 Å². The Kier molecular flexibility index (Phi) is 7.92. The number of hydrogen-bond donors (Lipinski definition) is 2. The van der Waals surface area contributed by atoms with Gasteiger partial charge in [-0.3, -0.25) is 4.57 Å². The van der Waals surface area contributed by atoms with Gasteiger partial charge in [0, 0.05) is 45.4 Å². The first-order chi connectivity index (χ1) is 15.9. The number of carbonyl (C=O) groups excluding carboxylic acids is 1. The van der Waals surface area contributed by atoms with Crippen molar-refractivity contribution < 1.29 is 24.2 Å². The number of likely N-dealkylation sites (tertiary alicyclic amines) is 1. The molecule has 3 heterocycles. The van der Waals surface area contributed by atoms with Crippen LogP contribution in [-0.4, -0.2) is 71.0 Å². The number of rotatable bonds is 8. The summed E-state index contributed by atoms with van der Waals surface area (Å²) in [5.74, 6) is -0.502. The highest BCUT2D eigenvalue weighted by Crippen LogP contribution is 2.31. The van der Waals surface area contributed by atoms with Crippen molar-refractivity contribution in [2.24, 2.45) is 0 Å². The third-order valence-electron chi connectivity index (χ3n) is 5.74. The maximum atomic E-state index is 12.4. The zero-order chi connectivity index (χ0) is 25.1. The largest absolute Gasteiger partial charge is 0.478 e. The number of nitrogens with zero attached hydrogens (tertiary/aromatic N) is 3. The molecule has 2 N–H and O–H groups in total. The molecule has 3 rings (SSSR count). The van der Waals surface area contributed by atoms with Crippen LogP contribution in [0.1, 0.15) is 44.0 Å². The van der Waals surface area contributed by atoms with Gasteiger partial charge in [0.05, 0.1) is 0 Å². The molecule has 0 unspecified atom stereocenters. The average molecular weight is 491 g/mol. The Morgan fingerprint density at radius 3 is 2.50 bits per heavy atom. The molecule has 0 aliphatic carbocycles. The van der Waals surface area contributed by atoms with Crippen LogP contribution in [0.5, 0.6) is 0 Å². The van der Waals surface area contributed by atoms with E-state index in [0.29, 0.717) is 49.4 Å². The van der Waals surface area contributed by atoms with Crippen LogP contribution >= 0.6 is 0 Å². The van der Waals surface area contributed by atoms with Gasteiger partial charge in [0.25, 0.3) is 0 Å². The van der Waals surface area contributed by atoms with Crippen molar-refractivity contribution in [3.8, 4) is 0 Å². The number of ether oxygens (including phenoxy) is 2. The number of carboxylic acid groups (broad SMARTS) is 1. The second kappa shape index (κ2) is 10.3. The second-order valence-electron chi connectivity index (χ2n) is 11.1. The number of amides is 1. The van der Waals surface area contributed by atoms with Gasteiger partial charge in [-0.2, -0.15) is 0 Å². The first-order valence-corrected chi connectivity index (χ1v) is 15.6. The maximum absolute atomic E-state index is 12.4. The molecule has 2 aromatic heterocycles. The summed E-state index contributed by atoms with van der Waals surface area (Å²) in [5.41, 5.74) is 0.250. The Morgan fingerprint density at radius 1 is 1.24 bits per heavy atom. The number of piperidine rings is 1. The van der Waals surface area contributed by atoms with Crippen molar-refractivity contribution in [2.75, 3.05) is 25.0 Å². The Morgan fingerprint density at radius 2 is 1.91 bits per heavy atom. The Balaban J connectivity index is 1.78. The zero-order valence-corrected chi connectivity index (χ0v) is 22.2. The third kappa shape index (κ3) is 6.72. The van der Waals surface area contributed by atoms with Crippen molar-refractivity contribution in [3.63, 3.8) is 0 Å². The first kappa shape index (κ1) is 26.0. The number of aromatic carboxylic acids is 1. The highest BCUT2D eigenvalue weighted by Gasteiger charge is 2.30. The predicted molar refractivity (Wildman–Crippen MR) is 135 cm³/mol. The van der Waals surface area contributed by atoms with Crippen molar-refractivity contribution in [1.29, 1.82) is 0 Å². The van der Waals surface area contributed by atoms with Crippen molar-refractivity contribution in [2.45, 2.75) is 77.7 Å². The van der Waals surface area contributed by atoms with Gasteiger partial charge in [-0.1, -0.05) is 19.6 Å². The van der Waals surface area contributed by atoms with Crippen LogP contribution < -0.4 is 5.32 Å². The molecular weight excluding hydrogens is 452 g/mol. The fourth-order valence-corrected chi connectivity index (χ4v) is 4.69. The summed E-state index contributed by atoms with van der Waals surface area (Å²) in [7, 11) is -1.24. The molecule has 0 saturated carbocycles. The number of anilines is 1. The fourth-order valence-electron chi connectivity index (χ4n) is 3.93. The van der Waals surface area contributed by atoms with Crippen molar-refractivity contribution in [3.05, 3.63) is 23.9 Å². The number of hydrogen-bond acceptors (Lipinski definition) is 6. The molecule has 10 heteroatoms. The molecule has 34 heavy (non-hydrogen) atoms. The molecule has 1 saturated heterocycles. The average Bonchev–Trinajstić information content (AvgIpc) is 3.03. The molecule has 1 aliphatic rings. The molecule has 1 amide bonds. The first-order valence-electron chi connectivity index (χ1n) is 11.9. The Bertz CT molecular complexity index is 1020. The summed E-state index contributed by atoms with van der Waals surface area (Å²) in [6.07, 6.45) is 2.72. The summed E-state index contributed by atoms with van der Waals surface area (Å²) >= 11 is 0. The molecule has 188 valence electrons. The molecule has 0 aromatic carbocycles. The summed E-state index contributed by atoms with van der Waals surface area (Å²) in [4.78, 5) is 30.8. The van der Waals surface area contributed by atoms with Crippen LogP contribution in [0.2, 0.25) is 25.7 Å². The SMILES string of the molecule is CC(C)(C)OC(=O)N1CCC(Nc2c(C(=O)O)c3cccnc3n2COCC[Si](C)(C)C)CC1. The van der Waals surface area contributed by atoms with Gasteiger partial charge in [-0.15, -0.1) is 0 Å². The van der Waals surface area contributed by atoms with Crippen molar-refractivity contribution in [1.82, 2.24) is 14.5 Å². The molecule has 0 radical (unpaired) electrons. The minimum absolute atomic E-state index is 0.0156. The standard InChI is InChI=1S/C24H38N4O5Si/c1-24(2,3)33-23(31)27-12-9-17(10-13-27)26-21-19(22(29)30)18-8-7-11-25-20(18)28(21)16-32-14-15-34(4,5)6/h7-8,11,17,26H,9-10,12-16H2,1-6H3,(H,29,30). The number of fused-ring (bicyclic) bond motifs is 1. The number of nitrogens with one attached hydrogen (secondary N) is 1. The normalized spacial score (nSPS) is 15.5. The van der Waals surface area contributed by atoms with Crippen molar-refractivity contribution >= 4 is 37.0 Å². The van der Waals surface area contributed by atoms with Crippen LogP contribution in [0, 0.1) is 0 Å². The summed E-state index contributed by atoms with van der Waals surface area (Å²) < 4.78 is 13.3. The van der Waals surface area contributed by atoms with Gasteiger partial charge in [0.15, 0.2) is 0 Å². The van der Waals surface area contributed by atoms with Crippen LogP contribution in [0.4, 0.5) is 10.6 Å². The minimum Gasteiger partial charge on any atom is -0.478 e. The van der Waals surface area contributed by atoms with Crippen LogP contribution in [0.25, 0.3) is 11.0 Å². The number of carboxylic acids is 1. The lowest BCUT2D eigenvalue weighted by molar-refractivity contribution is 0.0210. The molecule has 2 aromatic rings. The van der Waals surface area contributed by atoms with Gasteiger partial charge in [-0.25, -0.2) is 14.6 Å². The van der Waals surface area contributed by atoms with Gasteiger partial charge >= 0.3 is 12.1 Å². The van der Waals surface area contributed by atoms with E-state index in [-0.39, 0.29) is 24.4 Å². The minimum atomic E-state index is -1.24. The summed E-state index contributed by atoms with van der Waals surface area (Å²) in [5, 5.41) is 14.0. The quantitative estimate of drug-likeness (QED) is 0.402. The van der Waals surface area contributed by atoms with Gasteiger partial charge in [0.1, 0.15) is 29.4 Å². The topological polar surface area (TPSA) is 106 Å². The highest BCUT2D eigenvalue weighted by atomic mass is 28.3. The number of pyridine rings is 1. The molecule has 0 spiro atoms. The van der Waals surface area contributed by atoms with Crippen LogP contribution in [-0.2, 0) is 16.2 Å². The van der Waals surface area contributed by atoms with E-state index in [4.69, 9.17) is 9.47 Å². The van der Waals surface area contributed by atoms with E-state index >= 15 is 0 Å². The van der Waals surface area contributed by atoms with Gasteiger partial charge in [-0.05, 0) is 51.8 Å². The smallest absolute Gasteiger partial charge is 0.410 e. The van der Waals surface area contributed by atoms with E-state index in [2.05, 4.69) is 29.9 Å². The molecule has 0 bridgehead atoms. The lowest BCUT2D eigenvalue weighted by atomic mass is 10.0. The van der Waals surface area contributed by atoms with E-state index in [1.54, 1.807) is 23.2 Å².